The quantitative estimate of drug-likeness (QED) is 0.556. The topological polar surface area (TPSA) is 74.0 Å². The average molecular weight is 167 g/mol. The van der Waals surface area contributed by atoms with Crippen molar-refractivity contribution in [3.05, 3.63) is 28.6 Å². The van der Waals surface area contributed by atoms with E-state index in [1.165, 1.54) is 25.4 Å². The van der Waals surface area contributed by atoms with Gasteiger partial charge >= 0.3 is 6.03 Å². The maximum atomic E-state index is 10.8. The van der Waals surface area contributed by atoms with Crippen molar-refractivity contribution in [1.29, 1.82) is 0 Å². The van der Waals surface area contributed by atoms with Gasteiger partial charge in [-0.3, -0.25) is 10.1 Å². The Kier molecular flexibility index (Phi) is 2.47. The summed E-state index contributed by atoms with van der Waals surface area (Å²) in [6.07, 6.45) is 1.47. The predicted octanol–water partition coefficient (Wildman–Crippen LogP) is 0.126. The fourth-order valence-corrected chi connectivity index (χ4v) is 0.703. The number of carbonyl (C=O) groups excluding carboxylic acids is 1. The lowest BCUT2D eigenvalue weighted by atomic mass is 10.4. The number of amides is 2. The number of urea groups is 1. The minimum absolute atomic E-state index is 0.153. The molecule has 0 bridgehead atoms. The van der Waals surface area contributed by atoms with Gasteiger partial charge in [-0.1, -0.05) is 0 Å². The van der Waals surface area contributed by atoms with Crippen molar-refractivity contribution in [1.82, 2.24) is 10.3 Å². The molecule has 5 nitrogen and oxygen atoms in total. The highest BCUT2D eigenvalue weighted by atomic mass is 16.2. The highest BCUT2D eigenvalue weighted by molar-refractivity contribution is 5.87. The van der Waals surface area contributed by atoms with Crippen LogP contribution in [0.15, 0.2) is 23.1 Å². The van der Waals surface area contributed by atoms with Crippen LogP contribution < -0.4 is 16.1 Å². The summed E-state index contributed by atoms with van der Waals surface area (Å²) >= 11 is 0. The Morgan fingerprint density at radius 1 is 1.58 bits per heavy atom. The third kappa shape index (κ3) is 2.12. The van der Waals surface area contributed by atoms with Crippen molar-refractivity contribution in [3.63, 3.8) is 0 Å². The van der Waals surface area contributed by atoms with Crippen LogP contribution in [0, 0.1) is 0 Å². The summed E-state index contributed by atoms with van der Waals surface area (Å²) in [4.78, 5) is 24.2. The number of aromatic nitrogens is 1. The Morgan fingerprint density at radius 3 is 2.92 bits per heavy atom. The van der Waals surface area contributed by atoms with Gasteiger partial charge in [-0.2, -0.15) is 0 Å². The molecule has 1 heterocycles. The Morgan fingerprint density at radius 2 is 2.33 bits per heavy atom. The first kappa shape index (κ1) is 8.32. The summed E-state index contributed by atoms with van der Waals surface area (Å²) in [6, 6.07) is 2.31. The van der Waals surface area contributed by atoms with Crippen LogP contribution in [0.3, 0.4) is 0 Å². The molecular weight excluding hydrogens is 158 g/mol. The van der Waals surface area contributed by atoms with E-state index >= 15 is 0 Å². The van der Waals surface area contributed by atoms with Gasteiger partial charge in [0, 0.05) is 25.4 Å². The van der Waals surface area contributed by atoms with Gasteiger partial charge < -0.3 is 10.3 Å². The molecule has 0 spiro atoms. The van der Waals surface area contributed by atoms with Crippen LogP contribution in [0.25, 0.3) is 0 Å². The monoisotopic (exact) mass is 167 g/mol. The van der Waals surface area contributed by atoms with Gasteiger partial charge in [0.05, 0.1) is 0 Å². The number of pyridine rings is 1. The number of hydrogen-bond acceptors (Lipinski definition) is 2. The molecule has 0 unspecified atom stereocenters. The largest absolute Gasteiger partial charge is 0.348 e. The van der Waals surface area contributed by atoms with Crippen molar-refractivity contribution in [2.24, 2.45) is 0 Å². The molecule has 0 aliphatic rings. The lowest BCUT2D eigenvalue weighted by Crippen LogP contribution is -2.25. The van der Waals surface area contributed by atoms with E-state index < -0.39 is 0 Å². The molecule has 0 aliphatic carbocycles. The summed E-state index contributed by atoms with van der Waals surface area (Å²) in [7, 11) is 1.50. The van der Waals surface area contributed by atoms with Crippen LogP contribution in [0.1, 0.15) is 0 Å². The van der Waals surface area contributed by atoms with Crippen LogP contribution in [0.5, 0.6) is 0 Å². The SMILES string of the molecule is CNC(=O)Nc1cc(=O)cc[nH]1. The van der Waals surface area contributed by atoms with Gasteiger partial charge in [-0.05, 0) is 0 Å². The molecule has 12 heavy (non-hydrogen) atoms. The van der Waals surface area contributed by atoms with Gasteiger partial charge in [-0.15, -0.1) is 0 Å². The van der Waals surface area contributed by atoms with Crippen LogP contribution in [-0.2, 0) is 0 Å². The molecule has 0 aromatic carbocycles. The number of anilines is 1. The van der Waals surface area contributed by atoms with Gasteiger partial charge in [0.25, 0.3) is 0 Å². The second-order valence-corrected chi connectivity index (χ2v) is 2.14. The van der Waals surface area contributed by atoms with Gasteiger partial charge in [0.1, 0.15) is 5.82 Å². The molecule has 0 atom stereocenters. The minimum Gasteiger partial charge on any atom is -0.348 e. The molecule has 3 N–H and O–H groups in total. The number of nitrogens with one attached hydrogen (secondary N) is 3. The number of hydrogen-bond donors (Lipinski definition) is 3. The van der Waals surface area contributed by atoms with E-state index in [1.807, 2.05) is 0 Å². The highest BCUT2D eigenvalue weighted by Gasteiger charge is 1.97. The molecule has 0 fully saturated rings. The Balaban J connectivity index is 2.76. The molecule has 1 aromatic rings. The van der Waals surface area contributed by atoms with Crippen molar-refractivity contribution in [2.75, 3.05) is 12.4 Å². The summed E-state index contributed by atoms with van der Waals surface area (Å²) in [6.45, 7) is 0. The fraction of sp³-hybridized carbons (Fsp3) is 0.143. The summed E-state index contributed by atoms with van der Waals surface area (Å²) in [5.74, 6) is 0.377. The lowest BCUT2D eigenvalue weighted by Gasteiger charge is -2.01. The Hall–Kier alpha value is -1.78. The molecular formula is C7H9N3O2. The van der Waals surface area contributed by atoms with Crippen molar-refractivity contribution in [3.8, 4) is 0 Å². The highest BCUT2D eigenvalue weighted by Crippen LogP contribution is 1.94. The minimum atomic E-state index is -0.364. The summed E-state index contributed by atoms with van der Waals surface area (Å²) < 4.78 is 0. The molecule has 5 heteroatoms. The normalized spacial score (nSPS) is 9.08. The van der Waals surface area contributed by atoms with Gasteiger partial charge in [-0.25, -0.2) is 4.79 Å². The number of aromatic amines is 1. The van der Waals surface area contributed by atoms with E-state index in [0.717, 1.165) is 0 Å². The molecule has 1 aromatic heterocycles. The van der Waals surface area contributed by atoms with E-state index in [9.17, 15) is 9.59 Å². The number of rotatable bonds is 1. The van der Waals surface area contributed by atoms with Crippen molar-refractivity contribution in [2.45, 2.75) is 0 Å². The second-order valence-electron chi connectivity index (χ2n) is 2.14. The zero-order valence-corrected chi connectivity index (χ0v) is 6.55. The molecule has 1 rings (SSSR count). The van der Waals surface area contributed by atoms with Crippen LogP contribution in [-0.4, -0.2) is 18.1 Å². The van der Waals surface area contributed by atoms with E-state index in [4.69, 9.17) is 0 Å². The average Bonchev–Trinajstić information content (AvgIpc) is 2.04. The molecule has 2 amide bonds. The lowest BCUT2D eigenvalue weighted by molar-refractivity contribution is 0.254. The Bertz CT molecular complexity index is 331. The van der Waals surface area contributed by atoms with E-state index in [0.29, 0.717) is 5.82 Å². The maximum absolute atomic E-state index is 10.8. The first-order valence-corrected chi connectivity index (χ1v) is 3.40. The molecule has 0 saturated heterocycles. The van der Waals surface area contributed by atoms with Gasteiger partial charge in [0.2, 0.25) is 0 Å². The van der Waals surface area contributed by atoms with Crippen molar-refractivity contribution < 1.29 is 4.79 Å². The fourth-order valence-electron chi connectivity index (χ4n) is 0.703. The van der Waals surface area contributed by atoms with Crippen LogP contribution in [0.4, 0.5) is 10.6 Å². The first-order chi connectivity index (χ1) is 5.72. The van der Waals surface area contributed by atoms with E-state index in [-0.39, 0.29) is 11.5 Å². The summed E-state index contributed by atoms with van der Waals surface area (Å²) in [5, 5.41) is 4.79. The standard InChI is InChI=1S/C7H9N3O2/c1-8-7(12)10-6-4-5(11)2-3-9-6/h2-4H,1H3,(H3,8,9,10,11,12). The van der Waals surface area contributed by atoms with Crippen LogP contribution in [0.2, 0.25) is 0 Å². The molecule has 0 aliphatic heterocycles. The smallest absolute Gasteiger partial charge is 0.320 e. The zero-order valence-electron chi connectivity index (χ0n) is 6.55. The third-order valence-electron chi connectivity index (χ3n) is 1.25. The number of carbonyl (C=O) groups is 1. The summed E-state index contributed by atoms with van der Waals surface area (Å²) in [5.41, 5.74) is -0.153. The second kappa shape index (κ2) is 3.56. The maximum Gasteiger partial charge on any atom is 0.320 e. The third-order valence-corrected chi connectivity index (χ3v) is 1.25. The van der Waals surface area contributed by atoms with Gasteiger partial charge in [0.15, 0.2) is 5.43 Å². The van der Waals surface area contributed by atoms with E-state index in [1.54, 1.807) is 0 Å². The number of H-pyrrole nitrogens is 1. The van der Waals surface area contributed by atoms with Crippen LogP contribution >= 0.6 is 0 Å². The zero-order chi connectivity index (χ0) is 8.97. The van der Waals surface area contributed by atoms with Crippen molar-refractivity contribution >= 4 is 11.8 Å². The molecule has 0 radical (unpaired) electrons. The first-order valence-electron chi connectivity index (χ1n) is 3.40. The Labute approximate surface area is 68.8 Å². The molecule has 64 valence electrons. The predicted molar refractivity (Wildman–Crippen MR) is 45.1 cm³/mol. The van der Waals surface area contributed by atoms with E-state index in [2.05, 4.69) is 15.6 Å². The molecule has 0 saturated carbocycles.